The number of carbonyl (C=O) groups excluding carboxylic acids is 2. The van der Waals surface area contributed by atoms with Crippen LogP contribution in [0.2, 0.25) is 0 Å². The van der Waals surface area contributed by atoms with Crippen LogP contribution in [0.4, 0.5) is 0 Å². The molecule has 0 aliphatic carbocycles. The summed E-state index contributed by atoms with van der Waals surface area (Å²) in [6, 6.07) is 17.1. The standard InChI is InChI=1S/C21H21NO4/c1-3-18(20(23)25-4-2)21(24)26-14-15-10-11-19(17(12-15)13-22)16-8-6-5-7-9-16/h5-12,18H,3-4,14H2,1-2H3. The Morgan fingerprint density at radius 1 is 1.04 bits per heavy atom. The Bertz CT molecular complexity index is 809. The molecular weight excluding hydrogens is 330 g/mol. The third-order valence-corrected chi connectivity index (χ3v) is 3.93. The van der Waals surface area contributed by atoms with E-state index in [1.165, 1.54) is 0 Å². The van der Waals surface area contributed by atoms with Crippen molar-refractivity contribution in [1.82, 2.24) is 0 Å². The maximum Gasteiger partial charge on any atom is 0.320 e. The van der Waals surface area contributed by atoms with Gasteiger partial charge in [0.05, 0.1) is 18.2 Å². The van der Waals surface area contributed by atoms with E-state index in [1.807, 2.05) is 42.5 Å². The van der Waals surface area contributed by atoms with Gasteiger partial charge in [-0.1, -0.05) is 49.4 Å². The van der Waals surface area contributed by atoms with Gasteiger partial charge in [-0.15, -0.1) is 0 Å². The van der Waals surface area contributed by atoms with E-state index in [4.69, 9.17) is 9.47 Å². The molecule has 5 nitrogen and oxygen atoms in total. The van der Waals surface area contributed by atoms with E-state index in [1.54, 1.807) is 19.9 Å². The summed E-state index contributed by atoms with van der Waals surface area (Å²) in [5, 5.41) is 9.42. The summed E-state index contributed by atoms with van der Waals surface area (Å²) in [5.74, 6) is -2.11. The van der Waals surface area contributed by atoms with Crippen molar-refractivity contribution < 1.29 is 19.1 Å². The van der Waals surface area contributed by atoms with Crippen molar-refractivity contribution in [2.75, 3.05) is 6.61 Å². The van der Waals surface area contributed by atoms with Crippen molar-refractivity contribution in [3.8, 4) is 17.2 Å². The van der Waals surface area contributed by atoms with E-state index in [2.05, 4.69) is 6.07 Å². The van der Waals surface area contributed by atoms with Crippen LogP contribution in [0, 0.1) is 17.2 Å². The molecule has 0 fully saturated rings. The van der Waals surface area contributed by atoms with E-state index in [9.17, 15) is 14.9 Å². The number of rotatable bonds is 7. The summed E-state index contributed by atoms with van der Waals surface area (Å²) in [4.78, 5) is 23.9. The highest BCUT2D eigenvalue weighted by molar-refractivity contribution is 5.94. The fourth-order valence-electron chi connectivity index (χ4n) is 2.57. The Morgan fingerprint density at radius 3 is 2.35 bits per heavy atom. The first-order valence-electron chi connectivity index (χ1n) is 8.52. The van der Waals surface area contributed by atoms with Crippen LogP contribution < -0.4 is 0 Å². The summed E-state index contributed by atoms with van der Waals surface area (Å²) in [5.41, 5.74) is 2.96. The minimum Gasteiger partial charge on any atom is -0.465 e. The van der Waals surface area contributed by atoms with Gasteiger partial charge in [0.2, 0.25) is 0 Å². The number of nitriles is 1. The quantitative estimate of drug-likeness (QED) is 0.559. The molecule has 0 radical (unpaired) electrons. The molecule has 0 aliphatic rings. The van der Waals surface area contributed by atoms with Crippen LogP contribution in [0.15, 0.2) is 48.5 Å². The fraction of sp³-hybridized carbons (Fsp3) is 0.286. The van der Waals surface area contributed by atoms with Crippen molar-refractivity contribution in [3.05, 3.63) is 59.7 Å². The van der Waals surface area contributed by atoms with E-state index >= 15 is 0 Å². The van der Waals surface area contributed by atoms with Crippen LogP contribution in [-0.2, 0) is 25.7 Å². The van der Waals surface area contributed by atoms with Crippen LogP contribution in [0.5, 0.6) is 0 Å². The van der Waals surface area contributed by atoms with Gasteiger partial charge < -0.3 is 9.47 Å². The molecule has 2 aromatic carbocycles. The third kappa shape index (κ3) is 4.70. The Hall–Kier alpha value is -3.13. The first kappa shape index (κ1) is 19.2. The first-order valence-corrected chi connectivity index (χ1v) is 8.52. The third-order valence-electron chi connectivity index (χ3n) is 3.93. The van der Waals surface area contributed by atoms with E-state index in [0.29, 0.717) is 17.5 Å². The molecule has 0 saturated heterocycles. The lowest BCUT2D eigenvalue weighted by Gasteiger charge is -2.13. The van der Waals surface area contributed by atoms with Crippen LogP contribution in [-0.4, -0.2) is 18.5 Å². The summed E-state index contributed by atoms with van der Waals surface area (Å²) in [6.45, 7) is 3.63. The highest BCUT2D eigenvalue weighted by Gasteiger charge is 2.27. The van der Waals surface area contributed by atoms with Crippen LogP contribution >= 0.6 is 0 Å². The topological polar surface area (TPSA) is 76.4 Å². The van der Waals surface area contributed by atoms with Crippen molar-refractivity contribution in [2.45, 2.75) is 26.9 Å². The molecule has 2 rings (SSSR count). The molecule has 5 heteroatoms. The molecule has 0 saturated carbocycles. The first-order chi connectivity index (χ1) is 12.6. The summed E-state index contributed by atoms with van der Waals surface area (Å²) in [6.07, 6.45) is 0.314. The van der Waals surface area contributed by atoms with Gasteiger partial charge in [-0.2, -0.15) is 5.26 Å². The van der Waals surface area contributed by atoms with Crippen LogP contribution in [0.3, 0.4) is 0 Å². The zero-order chi connectivity index (χ0) is 18.9. The molecule has 0 bridgehead atoms. The Balaban J connectivity index is 2.10. The highest BCUT2D eigenvalue weighted by Crippen LogP contribution is 2.24. The molecule has 26 heavy (non-hydrogen) atoms. The largest absolute Gasteiger partial charge is 0.465 e. The fourth-order valence-corrected chi connectivity index (χ4v) is 2.57. The van der Waals surface area contributed by atoms with Gasteiger partial charge in [0.25, 0.3) is 0 Å². The number of carbonyl (C=O) groups is 2. The molecule has 1 unspecified atom stereocenters. The molecule has 0 aliphatic heterocycles. The van der Waals surface area contributed by atoms with Gasteiger partial charge in [0, 0.05) is 0 Å². The summed E-state index contributed by atoms with van der Waals surface area (Å²) >= 11 is 0. The Kier molecular flexibility index (Phi) is 6.92. The predicted octanol–water partition coefficient (Wildman–Crippen LogP) is 3.86. The number of ether oxygens (including phenoxy) is 2. The SMILES string of the molecule is CCOC(=O)C(CC)C(=O)OCc1ccc(-c2ccccc2)c(C#N)c1. The maximum atomic E-state index is 12.1. The number of nitrogens with zero attached hydrogens (tertiary/aromatic N) is 1. The van der Waals surface area contributed by atoms with E-state index in [0.717, 1.165) is 11.1 Å². The van der Waals surface area contributed by atoms with Crippen molar-refractivity contribution >= 4 is 11.9 Å². The van der Waals surface area contributed by atoms with E-state index < -0.39 is 17.9 Å². The molecule has 0 amide bonds. The van der Waals surface area contributed by atoms with Gasteiger partial charge in [-0.05, 0) is 36.1 Å². The number of benzene rings is 2. The predicted molar refractivity (Wildman–Crippen MR) is 96.8 cm³/mol. The number of esters is 2. The second-order valence-electron chi connectivity index (χ2n) is 5.68. The zero-order valence-electron chi connectivity index (χ0n) is 14.9. The lowest BCUT2D eigenvalue weighted by atomic mass is 9.98. The second-order valence-corrected chi connectivity index (χ2v) is 5.68. The molecular formula is C21H21NO4. The smallest absolute Gasteiger partial charge is 0.320 e. The van der Waals surface area contributed by atoms with Crippen molar-refractivity contribution in [3.63, 3.8) is 0 Å². The van der Waals surface area contributed by atoms with Crippen LogP contribution in [0.25, 0.3) is 11.1 Å². The molecule has 0 aromatic heterocycles. The van der Waals surface area contributed by atoms with Crippen molar-refractivity contribution in [1.29, 1.82) is 5.26 Å². The van der Waals surface area contributed by atoms with E-state index in [-0.39, 0.29) is 13.2 Å². The minimum atomic E-state index is -0.922. The van der Waals surface area contributed by atoms with Crippen molar-refractivity contribution in [2.24, 2.45) is 5.92 Å². The second kappa shape index (κ2) is 9.38. The lowest BCUT2D eigenvalue weighted by molar-refractivity contribution is -0.162. The van der Waals surface area contributed by atoms with Gasteiger partial charge in [0.1, 0.15) is 6.61 Å². The lowest BCUT2D eigenvalue weighted by Crippen LogP contribution is -2.27. The Morgan fingerprint density at radius 2 is 1.73 bits per heavy atom. The highest BCUT2D eigenvalue weighted by atomic mass is 16.6. The molecule has 0 N–H and O–H groups in total. The molecule has 1 atom stereocenters. The summed E-state index contributed by atoms with van der Waals surface area (Å²) in [7, 11) is 0. The average Bonchev–Trinajstić information content (AvgIpc) is 2.67. The maximum absolute atomic E-state index is 12.1. The zero-order valence-corrected chi connectivity index (χ0v) is 14.9. The minimum absolute atomic E-state index is 0.00150. The molecule has 0 spiro atoms. The van der Waals surface area contributed by atoms with Gasteiger partial charge >= 0.3 is 11.9 Å². The molecule has 134 valence electrons. The molecule has 0 heterocycles. The number of hydrogen-bond donors (Lipinski definition) is 0. The van der Waals surface area contributed by atoms with Gasteiger partial charge in [-0.3, -0.25) is 9.59 Å². The Labute approximate surface area is 153 Å². The monoisotopic (exact) mass is 351 g/mol. The number of hydrogen-bond acceptors (Lipinski definition) is 5. The normalized spacial score (nSPS) is 11.3. The average molecular weight is 351 g/mol. The van der Waals surface area contributed by atoms with Gasteiger partial charge in [0.15, 0.2) is 5.92 Å². The summed E-state index contributed by atoms with van der Waals surface area (Å²) < 4.78 is 10.1. The molecule has 2 aromatic rings. The van der Waals surface area contributed by atoms with Crippen LogP contribution in [0.1, 0.15) is 31.4 Å². The van der Waals surface area contributed by atoms with Gasteiger partial charge in [-0.25, -0.2) is 0 Å².